The zero-order valence-electron chi connectivity index (χ0n) is 25.4. The van der Waals surface area contributed by atoms with Crippen molar-refractivity contribution in [2.75, 3.05) is 26.3 Å². The van der Waals surface area contributed by atoms with Crippen molar-refractivity contribution in [3.05, 3.63) is 87.5 Å². The maximum Gasteiger partial charge on any atom is 0.407 e. The summed E-state index contributed by atoms with van der Waals surface area (Å²) in [6.07, 6.45) is 0.881. The zero-order chi connectivity index (χ0) is 32.5. The minimum Gasteiger partial charge on any atom is -0.444 e. The molecule has 0 aliphatic rings. The van der Waals surface area contributed by atoms with Crippen LogP contribution in [0, 0.1) is 0 Å². The lowest BCUT2D eigenvalue weighted by atomic mass is 10.1. The number of aromatic amines is 1. The van der Waals surface area contributed by atoms with Gasteiger partial charge in [-0.15, -0.1) is 21.6 Å². The number of thiazole rings is 2. The highest BCUT2D eigenvalue weighted by molar-refractivity contribution is 7.17. The molecule has 0 radical (unpaired) electrons. The Morgan fingerprint density at radius 3 is 2.33 bits per heavy atom. The summed E-state index contributed by atoms with van der Waals surface area (Å²) in [6, 6.07) is 19.0. The molecule has 3 heterocycles. The van der Waals surface area contributed by atoms with Gasteiger partial charge >= 0.3 is 11.7 Å². The molecule has 0 fully saturated rings. The quantitative estimate of drug-likeness (QED) is 0.107. The van der Waals surface area contributed by atoms with E-state index in [9.17, 15) is 14.4 Å². The van der Waals surface area contributed by atoms with Crippen LogP contribution in [0.15, 0.2) is 87.3 Å². The van der Waals surface area contributed by atoms with E-state index in [2.05, 4.69) is 35.9 Å². The van der Waals surface area contributed by atoms with Gasteiger partial charge in [-0.1, -0.05) is 72.0 Å². The molecule has 3 aromatic heterocycles. The smallest absolute Gasteiger partial charge is 0.407 e. The monoisotopic (exact) mass is 660 g/mol. The standard InChI is InChI=1S/C31H32N8O5S2/c1-31(2,3)44-30(42)33-15-17-43-16-14-32-26(40)23-18-34-28(46-23)37-36-25-24(21-12-8-5-9-13-21)38-39(27(25)41)29-35-22(19-45-29)20-10-6-4-7-11-20/h4-13,18-19,38H,14-17H2,1-3H3,(H,32,40)(H,33,42). The van der Waals surface area contributed by atoms with Crippen LogP contribution < -0.4 is 16.2 Å². The maximum absolute atomic E-state index is 13.6. The number of hydrogen-bond acceptors (Lipinski definition) is 11. The third-order valence-electron chi connectivity index (χ3n) is 6.08. The number of rotatable bonds is 12. The second kappa shape index (κ2) is 14.9. The van der Waals surface area contributed by atoms with Gasteiger partial charge < -0.3 is 20.1 Å². The first-order valence-electron chi connectivity index (χ1n) is 14.3. The Morgan fingerprint density at radius 1 is 0.957 bits per heavy atom. The number of ether oxygens (including phenoxy) is 2. The maximum atomic E-state index is 13.6. The first-order valence-corrected chi connectivity index (χ1v) is 16.0. The van der Waals surface area contributed by atoms with Crippen LogP contribution in [0.4, 0.5) is 15.6 Å². The lowest BCUT2D eigenvalue weighted by Crippen LogP contribution is -2.34. The molecule has 5 aromatic rings. The van der Waals surface area contributed by atoms with Crippen LogP contribution in [0.25, 0.3) is 27.6 Å². The number of aromatic nitrogens is 4. The third kappa shape index (κ3) is 8.59. The molecule has 0 spiro atoms. The summed E-state index contributed by atoms with van der Waals surface area (Å²) in [5, 5.41) is 19.5. The number of hydrogen-bond donors (Lipinski definition) is 3. The highest BCUT2D eigenvalue weighted by Crippen LogP contribution is 2.30. The summed E-state index contributed by atoms with van der Waals surface area (Å²) < 4.78 is 11.9. The van der Waals surface area contributed by atoms with Crippen molar-refractivity contribution < 1.29 is 19.1 Å². The minimum atomic E-state index is -0.572. The van der Waals surface area contributed by atoms with E-state index in [-0.39, 0.29) is 43.0 Å². The number of amides is 2. The van der Waals surface area contributed by atoms with E-state index in [0.717, 1.165) is 28.2 Å². The van der Waals surface area contributed by atoms with Gasteiger partial charge in [0, 0.05) is 29.6 Å². The van der Waals surface area contributed by atoms with Crippen molar-refractivity contribution in [3.8, 4) is 27.6 Å². The van der Waals surface area contributed by atoms with Gasteiger partial charge in [0.1, 0.15) is 10.5 Å². The van der Waals surface area contributed by atoms with E-state index in [1.165, 1.54) is 22.2 Å². The molecule has 0 aliphatic carbocycles. The molecule has 5 rings (SSSR count). The molecule has 0 bridgehead atoms. The van der Waals surface area contributed by atoms with Crippen molar-refractivity contribution in [1.82, 2.24) is 30.4 Å². The predicted octanol–water partition coefficient (Wildman–Crippen LogP) is 6.10. The average Bonchev–Trinajstić information content (AvgIpc) is 3.79. The second-order valence-corrected chi connectivity index (χ2v) is 12.6. The molecule has 0 saturated heterocycles. The Morgan fingerprint density at radius 2 is 1.63 bits per heavy atom. The highest BCUT2D eigenvalue weighted by Gasteiger charge is 2.20. The predicted molar refractivity (Wildman–Crippen MR) is 177 cm³/mol. The number of nitrogens with zero attached hydrogens (tertiary/aromatic N) is 5. The van der Waals surface area contributed by atoms with Crippen LogP contribution in [-0.2, 0) is 9.47 Å². The molecule has 2 amide bonds. The number of benzene rings is 2. The molecular formula is C31H32N8O5S2. The molecule has 2 aromatic carbocycles. The van der Waals surface area contributed by atoms with Gasteiger partial charge in [-0.3, -0.25) is 14.7 Å². The first-order chi connectivity index (χ1) is 22.2. The van der Waals surface area contributed by atoms with E-state index >= 15 is 0 Å². The fourth-order valence-electron chi connectivity index (χ4n) is 4.04. The van der Waals surface area contributed by atoms with Gasteiger partial charge in [0.25, 0.3) is 5.91 Å². The van der Waals surface area contributed by atoms with Crippen molar-refractivity contribution in [1.29, 1.82) is 0 Å². The average molecular weight is 661 g/mol. The van der Waals surface area contributed by atoms with Gasteiger partial charge in [0.05, 0.1) is 30.8 Å². The highest BCUT2D eigenvalue weighted by atomic mass is 32.1. The second-order valence-electron chi connectivity index (χ2n) is 10.7. The Labute approximate surface area is 272 Å². The van der Waals surface area contributed by atoms with Gasteiger partial charge in [-0.2, -0.15) is 4.68 Å². The first kappa shape index (κ1) is 32.4. The normalized spacial score (nSPS) is 11.5. The fraction of sp³-hybridized carbons (Fsp3) is 0.258. The number of carbonyl (C=O) groups excluding carboxylic acids is 2. The van der Waals surface area contributed by atoms with Crippen LogP contribution in [-0.4, -0.2) is 63.7 Å². The molecule has 238 valence electrons. The topological polar surface area (TPSA) is 165 Å². The van der Waals surface area contributed by atoms with E-state index in [0.29, 0.717) is 15.7 Å². The summed E-state index contributed by atoms with van der Waals surface area (Å²) in [4.78, 5) is 47.0. The summed E-state index contributed by atoms with van der Waals surface area (Å²) >= 11 is 2.36. The lowest BCUT2D eigenvalue weighted by molar-refractivity contribution is 0.0500. The summed E-state index contributed by atoms with van der Waals surface area (Å²) in [7, 11) is 0. The molecule has 3 N–H and O–H groups in total. The Balaban J connectivity index is 1.21. The van der Waals surface area contributed by atoms with E-state index in [1.54, 1.807) is 20.8 Å². The largest absolute Gasteiger partial charge is 0.444 e. The van der Waals surface area contributed by atoms with Crippen LogP contribution in [0.5, 0.6) is 0 Å². The van der Waals surface area contributed by atoms with Gasteiger partial charge in [0.15, 0.2) is 5.69 Å². The summed E-state index contributed by atoms with van der Waals surface area (Å²) in [6.45, 7) is 6.41. The van der Waals surface area contributed by atoms with Crippen molar-refractivity contribution in [3.63, 3.8) is 0 Å². The molecule has 13 nitrogen and oxygen atoms in total. The number of nitrogens with one attached hydrogen (secondary N) is 3. The Hall–Kier alpha value is -4.99. The SMILES string of the molecule is CC(C)(C)OC(=O)NCCOCCNC(=O)c1cnc(N=Nc2c(-c3ccccc3)[nH]n(-c3nc(-c4ccccc4)cs3)c2=O)s1. The number of azo groups is 1. The molecule has 46 heavy (non-hydrogen) atoms. The number of H-pyrrole nitrogens is 1. The van der Waals surface area contributed by atoms with Crippen LogP contribution in [0.2, 0.25) is 0 Å². The van der Waals surface area contributed by atoms with Gasteiger partial charge in [-0.05, 0) is 20.8 Å². The number of carbonyl (C=O) groups is 2. The van der Waals surface area contributed by atoms with E-state index < -0.39 is 17.3 Å². The van der Waals surface area contributed by atoms with E-state index in [1.807, 2.05) is 66.0 Å². The molecule has 0 saturated carbocycles. The molecule has 0 aliphatic heterocycles. The van der Waals surface area contributed by atoms with Gasteiger partial charge in [-0.25, -0.2) is 14.8 Å². The summed E-state index contributed by atoms with van der Waals surface area (Å²) in [5.74, 6) is -0.346. The van der Waals surface area contributed by atoms with Gasteiger partial charge in [0.2, 0.25) is 10.3 Å². The molecule has 15 heteroatoms. The fourth-order valence-corrected chi connectivity index (χ4v) is 5.49. The van der Waals surface area contributed by atoms with Crippen LogP contribution >= 0.6 is 22.7 Å². The summed E-state index contributed by atoms with van der Waals surface area (Å²) in [5.41, 5.74) is 2.00. The Bertz CT molecular complexity index is 1860. The molecule has 0 unspecified atom stereocenters. The third-order valence-corrected chi connectivity index (χ3v) is 7.79. The molecule has 0 atom stereocenters. The minimum absolute atomic E-state index is 0.0853. The zero-order valence-corrected chi connectivity index (χ0v) is 27.0. The number of alkyl carbamates (subject to hydrolysis) is 1. The van der Waals surface area contributed by atoms with Crippen molar-refractivity contribution in [2.24, 2.45) is 10.2 Å². The van der Waals surface area contributed by atoms with Crippen molar-refractivity contribution >= 4 is 45.5 Å². The van der Waals surface area contributed by atoms with E-state index in [4.69, 9.17) is 9.47 Å². The molecular weight excluding hydrogens is 629 g/mol. The van der Waals surface area contributed by atoms with Crippen LogP contribution in [0.3, 0.4) is 0 Å². The van der Waals surface area contributed by atoms with Crippen LogP contribution in [0.1, 0.15) is 30.4 Å². The lowest BCUT2D eigenvalue weighted by Gasteiger charge is -2.19. The Kier molecular flexibility index (Phi) is 10.5. The van der Waals surface area contributed by atoms with Crippen molar-refractivity contribution in [2.45, 2.75) is 26.4 Å².